The minimum absolute atomic E-state index is 0.168. The second-order valence-electron chi connectivity index (χ2n) is 4.15. The Morgan fingerprint density at radius 1 is 1.35 bits per heavy atom. The normalized spacial score (nSPS) is 11.8. The summed E-state index contributed by atoms with van der Waals surface area (Å²) in [5.41, 5.74) is 6.57. The molecule has 0 saturated carbocycles. The Bertz CT molecular complexity index is 420. The molecule has 17 heavy (non-hydrogen) atoms. The van der Waals surface area contributed by atoms with Crippen molar-refractivity contribution >= 4 is 15.9 Å². The van der Waals surface area contributed by atoms with E-state index < -0.39 is 0 Å². The molecule has 1 unspecified atom stereocenters. The van der Waals surface area contributed by atoms with Gasteiger partial charge < -0.3 is 0 Å². The van der Waals surface area contributed by atoms with Gasteiger partial charge in [0.2, 0.25) is 0 Å². The van der Waals surface area contributed by atoms with Crippen LogP contribution in [-0.4, -0.2) is 0 Å². The molecule has 3 heteroatoms. The molecule has 0 radical (unpaired) electrons. The van der Waals surface area contributed by atoms with Crippen LogP contribution in [0.25, 0.3) is 0 Å². The fraction of sp³-hybridized carbons (Fsp3) is 0.429. The van der Waals surface area contributed by atoms with Crippen LogP contribution in [0.5, 0.6) is 0 Å². The van der Waals surface area contributed by atoms with Crippen molar-refractivity contribution in [1.29, 1.82) is 0 Å². The molecule has 0 aliphatic heterocycles. The van der Waals surface area contributed by atoms with E-state index in [1.165, 1.54) is 21.2 Å². The van der Waals surface area contributed by atoms with E-state index in [0.29, 0.717) is 0 Å². The van der Waals surface area contributed by atoms with Gasteiger partial charge in [0.25, 0.3) is 0 Å². The van der Waals surface area contributed by atoms with E-state index >= 15 is 0 Å². The van der Waals surface area contributed by atoms with Gasteiger partial charge in [-0.3, -0.25) is 11.3 Å². The smallest absolute Gasteiger partial charge is 0.0469 e. The maximum atomic E-state index is 5.62. The molecule has 0 aromatic heterocycles. The third-order valence-electron chi connectivity index (χ3n) is 2.80. The molecule has 0 spiro atoms. The highest BCUT2D eigenvalue weighted by atomic mass is 79.9. The second kappa shape index (κ2) is 6.80. The van der Waals surface area contributed by atoms with E-state index in [4.69, 9.17) is 5.84 Å². The fourth-order valence-corrected chi connectivity index (χ4v) is 2.10. The Kier molecular flexibility index (Phi) is 5.70. The van der Waals surface area contributed by atoms with Crippen molar-refractivity contribution in [1.82, 2.24) is 5.43 Å². The predicted molar refractivity (Wildman–Crippen MR) is 76.4 cm³/mol. The lowest BCUT2D eigenvalue weighted by molar-refractivity contribution is 0.523. The van der Waals surface area contributed by atoms with Gasteiger partial charge in [-0.15, -0.1) is 11.8 Å². The molecule has 3 N–H and O–H groups in total. The minimum atomic E-state index is 0.168. The fourth-order valence-electron chi connectivity index (χ4n) is 1.87. The number of rotatable bonds is 4. The van der Waals surface area contributed by atoms with Gasteiger partial charge in [-0.05, 0) is 43.9 Å². The van der Waals surface area contributed by atoms with Gasteiger partial charge in [0.15, 0.2) is 0 Å². The van der Waals surface area contributed by atoms with E-state index in [9.17, 15) is 0 Å². The van der Waals surface area contributed by atoms with Crippen LogP contribution in [0.1, 0.15) is 42.5 Å². The lowest BCUT2D eigenvalue weighted by Gasteiger charge is -2.17. The largest absolute Gasteiger partial charge is 0.271 e. The number of benzene rings is 1. The zero-order valence-corrected chi connectivity index (χ0v) is 12.2. The lowest BCUT2D eigenvalue weighted by atomic mass is 9.98. The number of nitrogens with two attached hydrogens (primary N) is 1. The van der Waals surface area contributed by atoms with Crippen LogP contribution in [0.15, 0.2) is 16.6 Å². The summed E-state index contributed by atoms with van der Waals surface area (Å²) in [7, 11) is 0. The van der Waals surface area contributed by atoms with E-state index in [1.54, 1.807) is 0 Å². The summed E-state index contributed by atoms with van der Waals surface area (Å²) in [6.07, 6.45) is 1.79. The summed E-state index contributed by atoms with van der Waals surface area (Å²) < 4.78 is 1.17. The van der Waals surface area contributed by atoms with E-state index in [2.05, 4.69) is 59.2 Å². The number of hydrogen-bond donors (Lipinski definition) is 2. The van der Waals surface area contributed by atoms with Crippen molar-refractivity contribution in [2.45, 2.75) is 39.7 Å². The van der Waals surface area contributed by atoms with Crippen molar-refractivity contribution in [3.05, 3.63) is 33.3 Å². The maximum Gasteiger partial charge on any atom is 0.0469 e. The summed E-state index contributed by atoms with van der Waals surface area (Å²) in [4.78, 5) is 0. The van der Waals surface area contributed by atoms with Crippen LogP contribution in [0.3, 0.4) is 0 Å². The molecular formula is C14H19BrN2. The number of hydrogen-bond acceptors (Lipinski definition) is 2. The number of hydrazine groups is 1. The molecule has 0 fully saturated rings. The van der Waals surface area contributed by atoms with Crippen LogP contribution in [0.2, 0.25) is 0 Å². The van der Waals surface area contributed by atoms with Crippen molar-refractivity contribution in [2.24, 2.45) is 5.84 Å². The first kappa shape index (κ1) is 14.2. The Hall–Kier alpha value is -0.820. The highest BCUT2D eigenvalue weighted by Gasteiger charge is 2.11. The van der Waals surface area contributed by atoms with Gasteiger partial charge in [0.1, 0.15) is 0 Å². The first-order chi connectivity index (χ1) is 8.10. The van der Waals surface area contributed by atoms with E-state index in [1.807, 2.05) is 6.92 Å². The minimum Gasteiger partial charge on any atom is -0.271 e. The first-order valence-electron chi connectivity index (χ1n) is 5.72. The van der Waals surface area contributed by atoms with Gasteiger partial charge in [-0.25, -0.2) is 0 Å². The van der Waals surface area contributed by atoms with Crippen LogP contribution in [-0.2, 0) is 0 Å². The molecule has 1 aromatic carbocycles. The number of nitrogens with one attached hydrogen (secondary N) is 1. The van der Waals surface area contributed by atoms with Crippen molar-refractivity contribution in [2.75, 3.05) is 0 Å². The van der Waals surface area contributed by atoms with Gasteiger partial charge in [-0.2, -0.15) is 0 Å². The van der Waals surface area contributed by atoms with Crippen LogP contribution in [0, 0.1) is 25.7 Å². The zero-order chi connectivity index (χ0) is 12.8. The molecule has 0 amide bonds. The average molecular weight is 295 g/mol. The molecule has 0 bridgehead atoms. The van der Waals surface area contributed by atoms with Gasteiger partial charge in [0.05, 0.1) is 0 Å². The van der Waals surface area contributed by atoms with Gasteiger partial charge in [0, 0.05) is 16.9 Å². The van der Waals surface area contributed by atoms with E-state index in [0.717, 1.165) is 12.8 Å². The van der Waals surface area contributed by atoms with Crippen molar-refractivity contribution in [3.8, 4) is 11.8 Å². The molecule has 0 heterocycles. The molecule has 2 nitrogen and oxygen atoms in total. The Morgan fingerprint density at radius 3 is 2.41 bits per heavy atom. The maximum absolute atomic E-state index is 5.62. The highest BCUT2D eigenvalue weighted by Crippen LogP contribution is 2.27. The molecule has 92 valence electrons. The molecule has 0 aliphatic carbocycles. The summed E-state index contributed by atoms with van der Waals surface area (Å²) in [6, 6.07) is 4.50. The molecule has 1 atom stereocenters. The Balaban J connectivity index is 2.90. The quantitative estimate of drug-likeness (QED) is 0.508. The van der Waals surface area contributed by atoms with Gasteiger partial charge in [-0.1, -0.05) is 28.1 Å². The first-order valence-corrected chi connectivity index (χ1v) is 6.51. The van der Waals surface area contributed by atoms with Crippen LogP contribution in [0.4, 0.5) is 0 Å². The molecule has 1 rings (SSSR count). The van der Waals surface area contributed by atoms with Crippen molar-refractivity contribution in [3.63, 3.8) is 0 Å². The predicted octanol–water partition coefficient (Wildman–Crippen LogP) is 3.37. The number of aryl methyl sites for hydroxylation is 2. The highest BCUT2D eigenvalue weighted by molar-refractivity contribution is 9.10. The van der Waals surface area contributed by atoms with Crippen LogP contribution >= 0.6 is 15.9 Å². The molecule has 1 aromatic rings. The zero-order valence-electron chi connectivity index (χ0n) is 10.6. The molecule has 0 aliphatic rings. The average Bonchev–Trinajstić information content (AvgIpc) is 2.31. The Morgan fingerprint density at radius 2 is 1.94 bits per heavy atom. The summed E-state index contributed by atoms with van der Waals surface area (Å²) in [5, 5.41) is 0. The third-order valence-corrected chi connectivity index (χ3v) is 4.05. The van der Waals surface area contributed by atoms with Gasteiger partial charge >= 0.3 is 0 Å². The van der Waals surface area contributed by atoms with Crippen LogP contribution < -0.4 is 11.3 Å². The topological polar surface area (TPSA) is 38.0 Å². The standard InChI is InChI=1S/C14H19BrN2/c1-4-5-6-7-13(17-16)12-8-10(2)14(15)11(3)9-12/h8-9,13,17H,6-7,16H2,1-3H3. The summed E-state index contributed by atoms with van der Waals surface area (Å²) >= 11 is 3.57. The van der Waals surface area contributed by atoms with E-state index in [-0.39, 0.29) is 6.04 Å². The monoisotopic (exact) mass is 294 g/mol. The number of halogens is 1. The lowest BCUT2D eigenvalue weighted by Crippen LogP contribution is -2.28. The third kappa shape index (κ3) is 3.85. The summed E-state index contributed by atoms with van der Waals surface area (Å²) in [6.45, 7) is 6.05. The molecular weight excluding hydrogens is 276 g/mol. The SMILES string of the molecule is CC#CCCC(NN)c1cc(C)c(Br)c(C)c1. The molecule has 0 saturated heterocycles. The summed E-state index contributed by atoms with van der Waals surface area (Å²) in [5.74, 6) is 11.6. The Labute approximate surface area is 112 Å². The second-order valence-corrected chi connectivity index (χ2v) is 4.95. The van der Waals surface area contributed by atoms with Crippen molar-refractivity contribution < 1.29 is 0 Å².